The minimum Gasteiger partial charge on any atom is -0.278 e. The second-order valence-electron chi connectivity index (χ2n) is 3.76. The molecule has 0 bridgehead atoms. The van der Waals surface area contributed by atoms with Gasteiger partial charge in [0.25, 0.3) is 0 Å². The smallest absolute Gasteiger partial charge is 0.0707 e. The van der Waals surface area contributed by atoms with Crippen molar-refractivity contribution in [3.05, 3.63) is 60.0 Å². The van der Waals surface area contributed by atoms with Crippen molar-refractivity contribution in [1.82, 2.24) is 15.2 Å². The fourth-order valence-electron chi connectivity index (χ4n) is 1.81. The molecule has 0 fully saturated rings. The van der Waals surface area contributed by atoms with E-state index in [1.807, 2.05) is 36.5 Å². The van der Waals surface area contributed by atoms with Crippen molar-refractivity contribution >= 4 is 23.1 Å². The molecule has 2 aromatic heterocycles. The third-order valence-corrected chi connectivity index (χ3v) is 2.64. The van der Waals surface area contributed by atoms with Crippen molar-refractivity contribution in [2.24, 2.45) is 0 Å². The Morgan fingerprint density at radius 2 is 1.94 bits per heavy atom. The Kier molecular flexibility index (Phi) is 2.43. The van der Waals surface area contributed by atoms with E-state index in [-0.39, 0.29) is 0 Å². The Morgan fingerprint density at radius 3 is 2.82 bits per heavy atom. The van der Waals surface area contributed by atoms with Crippen LogP contribution in [-0.4, -0.2) is 15.2 Å². The maximum atomic E-state index is 4.33. The van der Waals surface area contributed by atoms with E-state index < -0.39 is 0 Å². The number of H-pyrrole nitrogens is 1. The maximum Gasteiger partial charge on any atom is 0.0707 e. The van der Waals surface area contributed by atoms with Gasteiger partial charge in [-0.3, -0.25) is 10.1 Å². The molecule has 0 aliphatic heterocycles. The molecule has 82 valence electrons. The van der Waals surface area contributed by atoms with Crippen molar-refractivity contribution in [3.63, 3.8) is 0 Å². The lowest BCUT2D eigenvalue weighted by molar-refractivity contribution is 1.08. The number of hydrogen-bond acceptors (Lipinski definition) is 2. The monoisotopic (exact) mass is 221 g/mol. The third-order valence-electron chi connectivity index (χ3n) is 2.64. The zero-order valence-electron chi connectivity index (χ0n) is 9.17. The lowest BCUT2D eigenvalue weighted by Crippen LogP contribution is -1.81. The van der Waals surface area contributed by atoms with Crippen LogP contribution >= 0.6 is 0 Å². The van der Waals surface area contributed by atoms with Crippen molar-refractivity contribution in [3.8, 4) is 0 Å². The highest BCUT2D eigenvalue weighted by Crippen LogP contribution is 2.18. The van der Waals surface area contributed by atoms with E-state index in [1.165, 1.54) is 0 Å². The van der Waals surface area contributed by atoms with Crippen molar-refractivity contribution in [2.75, 3.05) is 0 Å². The number of nitrogens with one attached hydrogen (secondary N) is 1. The summed E-state index contributed by atoms with van der Waals surface area (Å²) in [6.07, 6.45) is 7.63. The maximum absolute atomic E-state index is 4.33. The Hall–Kier alpha value is -2.42. The van der Waals surface area contributed by atoms with Crippen LogP contribution in [0, 0.1) is 0 Å². The van der Waals surface area contributed by atoms with Crippen molar-refractivity contribution in [1.29, 1.82) is 0 Å². The van der Waals surface area contributed by atoms with Gasteiger partial charge in [-0.2, -0.15) is 5.10 Å². The molecule has 0 radical (unpaired) electrons. The summed E-state index contributed by atoms with van der Waals surface area (Å²) >= 11 is 0. The highest BCUT2D eigenvalue weighted by Gasteiger charge is 1.97. The molecule has 0 aliphatic carbocycles. The number of fused-ring (bicyclic) bond motifs is 1. The minimum absolute atomic E-state index is 0.992. The predicted molar refractivity (Wildman–Crippen MR) is 69.3 cm³/mol. The third kappa shape index (κ3) is 1.95. The Labute approximate surface area is 98.8 Å². The van der Waals surface area contributed by atoms with Gasteiger partial charge in [-0.15, -0.1) is 0 Å². The molecular weight excluding hydrogens is 210 g/mol. The molecule has 1 aromatic carbocycles. The van der Waals surface area contributed by atoms with Crippen LogP contribution in [0.4, 0.5) is 0 Å². The Balaban J connectivity index is 2.06. The molecule has 0 saturated carbocycles. The summed E-state index contributed by atoms with van der Waals surface area (Å²) in [7, 11) is 0. The fourth-order valence-corrected chi connectivity index (χ4v) is 1.81. The topological polar surface area (TPSA) is 41.6 Å². The summed E-state index contributed by atoms with van der Waals surface area (Å²) in [5.41, 5.74) is 3.16. The van der Waals surface area contributed by atoms with E-state index in [2.05, 4.69) is 33.4 Å². The van der Waals surface area contributed by atoms with Gasteiger partial charge in [0.15, 0.2) is 0 Å². The van der Waals surface area contributed by atoms with Crippen LogP contribution in [0.15, 0.2) is 48.8 Å². The van der Waals surface area contributed by atoms with Crippen molar-refractivity contribution in [2.45, 2.75) is 0 Å². The van der Waals surface area contributed by atoms with E-state index >= 15 is 0 Å². The molecule has 3 nitrogen and oxygen atoms in total. The number of rotatable bonds is 2. The minimum atomic E-state index is 0.992. The quantitative estimate of drug-likeness (QED) is 0.722. The van der Waals surface area contributed by atoms with E-state index in [0.29, 0.717) is 0 Å². The molecule has 0 atom stereocenters. The van der Waals surface area contributed by atoms with Crippen molar-refractivity contribution < 1.29 is 0 Å². The van der Waals surface area contributed by atoms with Crippen LogP contribution in [0.2, 0.25) is 0 Å². The molecule has 0 saturated heterocycles. The second kappa shape index (κ2) is 4.22. The molecule has 17 heavy (non-hydrogen) atoms. The van der Waals surface area contributed by atoms with Gasteiger partial charge < -0.3 is 0 Å². The molecule has 3 heteroatoms. The van der Waals surface area contributed by atoms with E-state index in [4.69, 9.17) is 0 Å². The predicted octanol–water partition coefficient (Wildman–Crippen LogP) is 3.13. The first-order chi connectivity index (χ1) is 8.43. The summed E-state index contributed by atoms with van der Waals surface area (Å²) in [5, 5.41) is 7.97. The molecule has 0 amide bonds. The van der Waals surface area contributed by atoms with Gasteiger partial charge in [-0.1, -0.05) is 24.3 Å². The summed E-state index contributed by atoms with van der Waals surface area (Å²) in [4.78, 5) is 4.33. The van der Waals surface area contributed by atoms with Crippen LogP contribution in [-0.2, 0) is 0 Å². The average molecular weight is 221 g/mol. The zero-order valence-corrected chi connectivity index (χ0v) is 9.17. The SMILES string of the molecule is C(=C\c1cccc2ncccc12)/c1ccn[nH]1. The molecule has 1 N–H and O–H groups in total. The van der Waals surface area contributed by atoms with E-state index in [1.54, 1.807) is 6.20 Å². The molecule has 0 unspecified atom stereocenters. The molecule has 0 spiro atoms. The van der Waals surface area contributed by atoms with Crippen LogP contribution in [0.25, 0.3) is 23.1 Å². The zero-order chi connectivity index (χ0) is 11.5. The highest BCUT2D eigenvalue weighted by molar-refractivity contribution is 5.90. The number of pyridine rings is 1. The molecule has 3 aromatic rings. The lowest BCUT2D eigenvalue weighted by Gasteiger charge is -2.00. The lowest BCUT2D eigenvalue weighted by atomic mass is 10.1. The second-order valence-corrected chi connectivity index (χ2v) is 3.76. The Morgan fingerprint density at radius 1 is 0.941 bits per heavy atom. The van der Waals surface area contributed by atoms with Crippen LogP contribution in [0.3, 0.4) is 0 Å². The normalized spacial score (nSPS) is 11.3. The van der Waals surface area contributed by atoms with Gasteiger partial charge in [0.2, 0.25) is 0 Å². The molecule has 3 rings (SSSR count). The van der Waals surface area contributed by atoms with Gasteiger partial charge in [0.05, 0.1) is 11.2 Å². The summed E-state index contributed by atoms with van der Waals surface area (Å²) in [5.74, 6) is 0. The number of aromatic amines is 1. The summed E-state index contributed by atoms with van der Waals surface area (Å²) in [6, 6.07) is 12.1. The fraction of sp³-hybridized carbons (Fsp3) is 0. The molecular formula is C14H11N3. The summed E-state index contributed by atoms with van der Waals surface area (Å²) < 4.78 is 0. The number of aromatic nitrogens is 3. The largest absolute Gasteiger partial charge is 0.278 e. The summed E-state index contributed by atoms with van der Waals surface area (Å²) in [6.45, 7) is 0. The number of hydrogen-bond donors (Lipinski definition) is 1. The average Bonchev–Trinajstić information content (AvgIpc) is 2.89. The first kappa shape index (κ1) is 9.78. The highest BCUT2D eigenvalue weighted by atomic mass is 15.1. The number of nitrogens with zero attached hydrogens (tertiary/aromatic N) is 2. The number of benzene rings is 1. The first-order valence-electron chi connectivity index (χ1n) is 5.45. The standard InChI is InChI=1S/C14H11N3/c1-3-11(6-7-12-8-10-16-17-12)13-4-2-9-15-14(13)5-1/h1-10H,(H,16,17)/b7-6+. The van der Waals surface area contributed by atoms with E-state index in [0.717, 1.165) is 22.2 Å². The Bertz CT molecular complexity index is 649. The van der Waals surface area contributed by atoms with Gasteiger partial charge in [0, 0.05) is 17.8 Å². The van der Waals surface area contributed by atoms with E-state index in [9.17, 15) is 0 Å². The first-order valence-corrected chi connectivity index (χ1v) is 5.45. The van der Waals surface area contributed by atoms with Gasteiger partial charge >= 0.3 is 0 Å². The molecule has 0 aliphatic rings. The van der Waals surface area contributed by atoms with Crippen LogP contribution in [0.5, 0.6) is 0 Å². The van der Waals surface area contributed by atoms with Crippen LogP contribution < -0.4 is 0 Å². The van der Waals surface area contributed by atoms with Gasteiger partial charge in [-0.25, -0.2) is 0 Å². The van der Waals surface area contributed by atoms with Gasteiger partial charge in [-0.05, 0) is 29.8 Å². The van der Waals surface area contributed by atoms with Crippen LogP contribution in [0.1, 0.15) is 11.3 Å². The van der Waals surface area contributed by atoms with Gasteiger partial charge in [0.1, 0.15) is 0 Å². The molecule has 2 heterocycles.